The van der Waals surface area contributed by atoms with Crippen molar-refractivity contribution in [2.75, 3.05) is 5.73 Å². The van der Waals surface area contributed by atoms with Gasteiger partial charge in [-0.1, -0.05) is 13.3 Å². The number of carbonyl (C=O) groups excluding carboxylic acids is 1. The van der Waals surface area contributed by atoms with Crippen molar-refractivity contribution in [1.29, 1.82) is 0 Å². The summed E-state index contributed by atoms with van der Waals surface area (Å²) in [4.78, 5) is 11.3. The summed E-state index contributed by atoms with van der Waals surface area (Å²) in [5, 5.41) is 3.81. The third kappa shape index (κ3) is 2.08. The van der Waals surface area contributed by atoms with E-state index >= 15 is 0 Å². The molecule has 1 aromatic rings. The lowest BCUT2D eigenvalue weighted by Crippen LogP contribution is -2.10. The number of nitrogens with two attached hydrogens (primary N) is 1. The Kier molecular flexibility index (Phi) is 2.85. The lowest BCUT2D eigenvalue weighted by atomic mass is 10.2. The van der Waals surface area contributed by atoms with Gasteiger partial charge in [0.05, 0.1) is 0 Å². The third-order valence-electron chi connectivity index (χ3n) is 1.61. The number of rotatable bonds is 3. The van der Waals surface area contributed by atoms with E-state index in [1.165, 1.54) is 4.68 Å². The van der Waals surface area contributed by atoms with Crippen LogP contribution in [0.1, 0.15) is 31.0 Å². The van der Waals surface area contributed by atoms with Gasteiger partial charge < -0.3 is 5.73 Å². The highest BCUT2D eigenvalue weighted by molar-refractivity contribution is 5.78. The van der Waals surface area contributed by atoms with Gasteiger partial charge in [0.15, 0.2) is 0 Å². The van der Waals surface area contributed by atoms with Gasteiger partial charge in [-0.25, -0.2) is 4.68 Å². The minimum Gasteiger partial charge on any atom is -0.382 e. The van der Waals surface area contributed by atoms with Gasteiger partial charge >= 0.3 is 0 Å². The highest BCUT2D eigenvalue weighted by Gasteiger charge is 2.04. The van der Waals surface area contributed by atoms with Crippen molar-refractivity contribution in [1.82, 2.24) is 9.78 Å². The van der Waals surface area contributed by atoms with Gasteiger partial charge in [0, 0.05) is 18.7 Å². The molecule has 0 radical (unpaired) electrons. The number of carbonyl (C=O) groups is 1. The molecule has 0 aliphatic carbocycles. The summed E-state index contributed by atoms with van der Waals surface area (Å²) in [5.74, 6) is 0.397. The molecule has 0 spiro atoms. The Morgan fingerprint density at radius 3 is 3.00 bits per heavy atom. The van der Waals surface area contributed by atoms with Crippen molar-refractivity contribution >= 4 is 11.7 Å². The van der Waals surface area contributed by atoms with Crippen LogP contribution < -0.4 is 5.73 Å². The van der Waals surface area contributed by atoms with E-state index in [1.54, 1.807) is 12.3 Å². The lowest BCUT2D eigenvalue weighted by Gasteiger charge is -1.97. The molecule has 12 heavy (non-hydrogen) atoms. The molecule has 0 saturated carbocycles. The molecular formula is C8H13N3O. The maximum atomic E-state index is 11.3. The molecule has 0 atom stereocenters. The van der Waals surface area contributed by atoms with Gasteiger partial charge in [0.25, 0.3) is 0 Å². The van der Waals surface area contributed by atoms with E-state index in [9.17, 15) is 4.79 Å². The molecule has 4 heteroatoms. The van der Waals surface area contributed by atoms with E-state index in [-0.39, 0.29) is 5.91 Å². The van der Waals surface area contributed by atoms with Gasteiger partial charge in [-0.05, 0) is 6.42 Å². The van der Waals surface area contributed by atoms with Crippen LogP contribution >= 0.6 is 0 Å². The SMILES string of the molecule is CCCCC(=O)n1ccc(N)n1. The van der Waals surface area contributed by atoms with E-state index < -0.39 is 0 Å². The predicted molar refractivity (Wildman–Crippen MR) is 46.8 cm³/mol. The van der Waals surface area contributed by atoms with Crippen LogP contribution in [0.25, 0.3) is 0 Å². The minimum absolute atomic E-state index is 0.00792. The Bertz CT molecular complexity index is 267. The zero-order valence-electron chi connectivity index (χ0n) is 7.16. The fourth-order valence-corrected chi connectivity index (χ4v) is 0.919. The first kappa shape index (κ1) is 8.77. The molecule has 0 saturated heterocycles. The van der Waals surface area contributed by atoms with Crippen LogP contribution in [0.5, 0.6) is 0 Å². The van der Waals surface area contributed by atoms with Gasteiger partial charge in [-0.15, -0.1) is 5.10 Å². The van der Waals surface area contributed by atoms with Crippen molar-refractivity contribution in [2.24, 2.45) is 0 Å². The Balaban J connectivity index is 2.53. The van der Waals surface area contributed by atoms with Crippen LogP contribution in [0.2, 0.25) is 0 Å². The number of nitrogen functional groups attached to an aromatic ring is 1. The van der Waals surface area contributed by atoms with E-state index in [1.807, 2.05) is 6.92 Å². The molecule has 1 aromatic heterocycles. The van der Waals surface area contributed by atoms with Gasteiger partial charge in [-0.3, -0.25) is 4.79 Å². The van der Waals surface area contributed by atoms with E-state index in [4.69, 9.17) is 5.73 Å². The molecule has 1 rings (SSSR count). The maximum Gasteiger partial charge on any atom is 0.246 e. The number of nitrogens with zero attached hydrogens (tertiary/aromatic N) is 2. The summed E-state index contributed by atoms with van der Waals surface area (Å²) in [6, 6.07) is 1.61. The molecule has 0 bridgehead atoms. The quantitative estimate of drug-likeness (QED) is 0.738. The highest BCUT2D eigenvalue weighted by atomic mass is 16.2. The first-order valence-electron chi connectivity index (χ1n) is 4.08. The minimum atomic E-state index is 0.00792. The van der Waals surface area contributed by atoms with Crippen LogP contribution in [0, 0.1) is 0 Å². The average Bonchev–Trinajstić information content (AvgIpc) is 2.47. The molecular weight excluding hydrogens is 154 g/mol. The number of aromatic nitrogens is 2. The topological polar surface area (TPSA) is 60.9 Å². The third-order valence-corrected chi connectivity index (χ3v) is 1.61. The fraction of sp³-hybridized carbons (Fsp3) is 0.500. The van der Waals surface area contributed by atoms with Crippen LogP contribution in [0.15, 0.2) is 12.3 Å². The van der Waals surface area contributed by atoms with Crippen LogP contribution in [-0.4, -0.2) is 15.7 Å². The molecule has 2 N–H and O–H groups in total. The lowest BCUT2D eigenvalue weighted by molar-refractivity contribution is 0.0884. The van der Waals surface area contributed by atoms with Crippen LogP contribution in [0.4, 0.5) is 5.82 Å². The molecule has 4 nitrogen and oxygen atoms in total. The molecule has 0 fully saturated rings. The number of unbranched alkanes of at least 4 members (excludes halogenated alkanes) is 1. The van der Waals surface area contributed by atoms with Gasteiger partial charge in [-0.2, -0.15) is 0 Å². The maximum absolute atomic E-state index is 11.3. The molecule has 0 amide bonds. The van der Waals surface area contributed by atoms with E-state index in [0.29, 0.717) is 12.2 Å². The van der Waals surface area contributed by atoms with Crippen LogP contribution in [0.3, 0.4) is 0 Å². The second-order valence-electron chi connectivity index (χ2n) is 2.68. The average molecular weight is 167 g/mol. The Labute approximate surface area is 71.4 Å². The first-order valence-corrected chi connectivity index (χ1v) is 4.08. The van der Waals surface area contributed by atoms with Gasteiger partial charge in [0.1, 0.15) is 5.82 Å². The summed E-state index contributed by atoms with van der Waals surface area (Å²) < 4.78 is 1.30. The summed E-state index contributed by atoms with van der Waals surface area (Å²) in [7, 11) is 0. The molecule has 0 aromatic carbocycles. The second kappa shape index (κ2) is 3.90. The van der Waals surface area contributed by atoms with Crippen molar-refractivity contribution in [3.05, 3.63) is 12.3 Å². The van der Waals surface area contributed by atoms with Crippen molar-refractivity contribution in [3.8, 4) is 0 Å². The number of anilines is 1. The highest BCUT2D eigenvalue weighted by Crippen LogP contribution is 2.00. The summed E-state index contributed by atoms with van der Waals surface area (Å²) in [6.07, 6.45) is 4.05. The summed E-state index contributed by atoms with van der Waals surface area (Å²) in [6.45, 7) is 2.05. The van der Waals surface area contributed by atoms with Crippen molar-refractivity contribution in [3.63, 3.8) is 0 Å². The monoisotopic (exact) mass is 167 g/mol. The van der Waals surface area contributed by atoms with Crippen molar-refractivity contribution < 1.29 is 4.79 Å². The molecule has 0 aliphatic heterocycles. The first-order chi connectivity index (χ1) is 5.74. The van der Waals surface area contributed by atoms with E-state index in [2.05, 4.69) is 5.10 Å². The Hall–Kier alpha value is -1.32. The molecule has 66 valence electrons. The standard InChI is InChI=1S/C8H13N3O/c1-2-3-4-8(12)11-6-5-7(9)10-11/h5-6H,2-4H2,1H3,(H2,9,10). The summed E-state index contributed by atoms with van der Waals surface area (Å²) >= 11 is 0. The number of hydrogen-bond donors (Lipinski definition) is 1. The predicted octanol–water partition coefficient (Wildman–Crippen LogP) is 1.30. The fourth-order valence-electron chi connectivity index (χ4n) is 0.919. The molecule has 0 unspecified atom stereocenters. The second-order valence-corrected chi connectivity index (χ2v) is 2.68. The molecule has 0 aliphatic rings. The Morgan fingerprint density at radius 1 is 1.75 bits per heavy atom. The van der Waals surface area contributed by atoms with Crippen LogP contribution in [-0.2, 0) is 0 Å². The zero-order valence-corrected chi connectivity index (χ0v) is 7.16. The summed E-state index contributed by atoms with van der Waals surface area (Å²) in [5.41, 5.74) is 5.36. The molecule has 1 heterocycles. The largest absolute Gasteiger partial charge is 0.382 e. The van der Waals surface area contributed by atoms with Crippen molar-refractivity contribution in [2.45, 2.75) is 26.2 Å². The van der Waals surface area contributed by atoms with E-state index in [0.717, 1.165) is 12.8 Å². The van der Waals surface area contributed by atoms with Gasteiger partial charge in [0.2, 0.25) is 5.91 Å². The number of hydrogen-bond acceptors (Lipinski definition) is 3. The zero-order chi connectivity index (χ0) is 8.97. The smallest absolute Gasteiger partial charge is 0.246 e. The Morgan fingerprint density at radius 2 is 2.50 bits per heavy atom. The normalized spacial score (nSPS) is 10.1.